The van der Waals surface area contributed by atoms with Crippen LogP contribution in [0.1, 0.15) is 16.9 Å². The number of hydrogen-bond donors (Lipinski definition) is 3. The van der Waals surface area contributed by atoms with Crippen molar-refractivity contribution in [3.05, 3.63) is 38.5 Å². The number of hydrogen-bond acceptors (Lipinski definition) is 4. The lowest BCUT2D eigenvalue weighted by Gasteiger charge is -2.19. The number of nitrogens with one attached hydrogen (secondary N) is 2. The maximum Gasteiger partial charge on any atom is 0.224 e. The number of halogens is 1. The minimum Gasteiger partial charge on any atom is -0.397 e. The van der Waals surface area contributed by atoms with Crippen LogP contribution in [0.15, 0.2) is 28.1 Å². The van der Waals surface area contributed by atoms with Gasteiger partial charge in [0, 0.05) is 33.4 Å². The van der Waals surface area contributed by atoms with Crippen molar-refractivity contribution in [1.29, 1.82) is 0 Å². The van der Waals surface area contributed by atoms with Gasteiger partial charge >= 0.3 is 0 Å². The van der Waals surface area contributed by atoms with Crippen LogP contribution in [-0.2, 0) is 17.8 Å². The summed E-state index contributed by atoms with van der Waals surface area (Å²) in [6.07, 6.45) is 1.30. The van der Waals surface area contributed by atoms with Crippen LogP contribution >= 0.6 is 27.3 Å². The third-order valence-corrected chi connectivity index (χ3v) is 4.94. The van der Waals surface area contributed by atoms with Crippen LogP contribution in [0.3, 0.4) is 0 Å². The van der Waals surface area contributed by atoms with Gasteiger partial charge in [0.15, 0.2) is 0 Å². The molecule has 0 unspecified atom stereocenters. The Kier molecular flexibility index (Phi) is 3.67. The van der Waals surface area contributed by atoms with Crippen molar-refractivity contribution < 1.29 is 4.79 Å². The predicted octanol–water partition coefficient (Wildman–Crippen LogP) is 3.59. The third-order valence-electron chi connectivity index (χ3n) is 3.25. The van der Waals surface area contributed by atoms with E-state index in [2.05, 4.69) is 38.0 Å². The second-order valence-corrected chi connectivity index (χ2v) is 6.64. The summed E-state index contributed by atoms with van der Waals surface area (Å²) in [6, 6.07) is 5.96. The van der Waals surface area contributed by atoms with Crippen LogP contribution in [0, 0.1) is 0 Å². The molecule has 20 heavy (non-hydrogen) atoms. The molecule has 1 aliphatic rings. The largest absolute Gasteiger partial charge is 0.397 e. The van der Waals surface area contributed by atoms with E-state index in [1.54, 1.807) is 11.3 Å². The quantitative estimate of drug-likeness (QED) is 0.740. The van der Waals surface area contributed by atoms with E-state index in [0.717, 1.165) is 34.4 Å². The van der Waals surface area contributed by atoms with Gasteiger partial charge in [-0.1, -0.05) is 0 Å². The molecule has 1 aliphatic heterocycles. The van der Waals surface area contributed by atoms with E-state index in [1.165, 1.54) is 4.88 Å². The number of benzene rings is 1. The van der Waals surface area contributed by atoms with E-state index in [1.807, 2.05) is 12.1 Å². The molecule has 0 saturated heterocycles. The van der Waals surface area contributed by atoms with E-state index in [9.17, 15) is 4.79 Å². The summed E-state index contributed by atoms with van der Waals surface area (Å²) < 4.78 is 1.10. The molecule has 0 atom stereocenters. The van der Waals surface area contributed by atoms with Crippen molar-refractivity contribution in [2.45, 2.75) is 19.4 Å². The third kappa shape index (κ3) is 2.81. The highest BCUT2D eigenvalue weighted by Crippen LogP contribution is 2.31. The predicted molar refractivity (Wildman–Crippen MR) is 87.2 cm³/mol. The Bertz CT molecular complexity index is 668. The number of rotatable bonds is 3. The smallest absolute Gasteiger partial charge is 0.224 e. The zero-order valence-electron chi connectivity index (χ0n) is 10.7. The summed E-state index contributed by atoms with van der Waals surface area (Å²) in [4.78, 5) is 12.6. The molecule has 3 rings (SSSR count). The lowest BCUT2D eigenvalue weighted by Crippen LogP contribution is -2.19. The van der Waals surface area contributed by atoms with Crippen molar-refractivity contribution in [2.75, 3.05) is 16.4 Å². The molecule has 2 aromatic rings. The molecule has 0 fully saturated rings. The maximum absolute atomic E-state index is 11.4. The minimum atomic E-state index is 0.0565. The first-order chi connectivity index (χ1) is 9.61. The van der Waals surface area contributed by atoms with Crippen molar-refractivity contribution in [3.63, 3.8) is 0 Å². The Labute approximate surface area is 129 Å². The molecule has 2 heterocycles. The van der Waals surface area contributed by atoms with Crippen molar-refractivity contribution in [2.24, 2.45) is 0 Å². The molecule has 4 N–H and O–H groups in total. The van der Waals surface area contributed by atoms with Gasteiger partial charge in [-0.05, 0) is 46.1 Å². The van der Waals surface area contributed by atoms with E-state index in [0.29, 0.717) is 12.1 Å². The number of amides is 1. The molecular formula is C14H14BrN3OS. The average Bonchev–Trinajstić information content (AvgIpc) is 2.82. The highest BCUT2D eigenvalue weighted by molar-refractivity contribution is 9.10. The lowest BCUT2D eigenvalue weighted by molar-refractivity contribution is -0.116. The summed E-state index contributed by atoms with van der Waals surface area (Å²) in [6.45, 7) is 0.742. The van der Waals surface area contributed by atoms with Crippen LogP contribution in [0.25, 0.3) is 0 Å². The van der Waals surface area contributed by atoms with Gasteiger partial charge in [-0.25, -0.2) is 0 Å². The van der Waals surface area contributed by atoms with E-state index < -0.39 is 0 Å². The molecule has 0 radical (unpaired) electrons. The Balaban J connectivity index is 1.78. The number of thiophene rings is 1. The molecule has 0 bridgehead atoms. The zero-order valence-corrected chi connectivity index (χ0v) is 13.1. The second kappa shape index (κ2) is 5.46. The molecule has 1 aromatic carbocycles. The Morgan fingerprint density at radius 2 is 2.20 bits per heavy atom. The van der Waals surface area contributed by atoms with Crippen LogP contribution < -0.4 is 16.4 Å². The van der Waals surface area contributed by atoms with Gasteiger partial charge < -0.3 is 16.4 Å². The lowest BCUT2D eigenvalue weighted by atomic mass is 10.0. The molecule has 0 saturated carbocycles. The van der Waals surface area contributed by atoms with E-state index in [4.69, 9.17) is 5.73 Å². The summed E-state index contributed by atoms with van der Waals surface area (Å²) in [7, 11) is 0. The number of carbonyl (C=O) groups excluding carboxylic acids is 1. The first kappa shape index (κ1) is 13.5. The summed E-state index contributed by atoms with van der Waals surface area (Å²) >= 11 is 5.14. The standard InChI is InChI=1S/C14H14BrN3OS/c15-9-4-10(20-7-9)6-17-13-3-8-1-2-14(19)18-12(8)5-11(13)16/h3-5,7,17H,1-2,6,16H2,(H,18,19). The first-order valence-electron chi connectivity index (χ1n) is 6.31. The highest BCUT2D eigenvalue weighted by atomic mass is 79.9. The number of nitrogens with two attached hydrogens (primary N) is 1. The number of aryl methyl sites for hydroxylation is 1. The van der Waals surface area contributed by atoms with Gasteiger partial charge in [0.2, 0.25) is 5.91 Å². The molecule has 6 heteroatoms. The molecule has 0 aliphatic carbocycles. The summed E-state index contributed by atoms with van der Waals surface area (Å²) in [5.41, 5.74) is 9.58. The van der Waals surface area contributed by atoms with Crippen molar-refractivity contribution in [1.82, 2.24) is 0 Å². The normalized spacial score (nSPS) is 13.8. The maximum atomic E-state index is 11.4. The zero-order chi connectivity index (χ0) is 14.1. The molecule has 4 nitrogen and oxygen atoms in total. The van der Waals surface area contributed by atoms with Gasteiger partial charge in [0.25, 0.3) is 0 Å². The van der Waals surface area contributed by atoms with Crippen molar-refractivity contribution >= 4 is 50.2 Å². The monoisotopic (exact) mass is 351 g/mol. The Morgan fingerprint density at radius 3 is 2.95 bits per heavy atom. The number of carbonyl (C=O) groups is 1. The molecule has 1 aromatic heterocycles. The topological polar surface area (TPSA) is 67.1 Å². The fourth-order valence-corrected chi connectivity index (χ4v) is 3.62. The second-order valence-electron chi connectivity index (χ2n) is 4.73. The fourth-order valence-electron chi connectivity index (χ4n) is 2.23. The van der Waals surface area contributed by atoms with Gasteiger partial charge in [-0.15, -0.1) is 11.3 Å². The van der Waals surface area contributed by atoms with Crippen LogP contribution in [-0.4, -0.2) is 5.91 Å². The van der Waals surface area contributed by atoms with Gasteiger partial charge in [-0.3, -0.25) is 4.79 Å². The van der Waals surface area contributed by atoms with E-state index in [-0.39, 0.29) is 5.91 Å². The first-order valence-corrected chi connectivity index (χ1v) is 7.98. The van der Waals surface area contributed by atoms with Crippen molar-refractivity contribution in [3.8, 4) is 0 Å². The SMILES string of the molecule is Nc1cc2c(cc1NCc1cc(Br)cs1)CCC(=O)N2. The van der Waals surface area contributed by atoms with Gasteiger partial charge in [0.05, 0.1) is 11.4 Å². The summed E-state index contributed by atoms with van der Waals surface area (Å²) in [5.74, 6) is 0.0565. The van der Waals surface area contributed by atoms with E-state index >= 15 is 0 Å². The Morgan fingerprint density at radius 1 is 1.35 bits per heavy atom. The molecular weight excluding hydrogens is 338 g/mol. The molecule has 104 valence electrons. The highest BCUT2D eigenvalue weighted by Gasteiger charge is 2.16. The number of anilines is 3. The Hall–Kier alpha value is -1.53. The van der Waals surface area contributed by atoms with Crippen LogP contribution in [0.2, 0.25) is 0 Å². The molecule has 0 spiro atoms. The number of nitrogen functional groups attached to an aromatic ring is 1. The average molecular weight is 352 g/mol. The summed E-state index contributed by atoms with van der Waals surface area (Å²) in [5, 5.41) is 8.27. The fraction of sp³-hybridized carbons (Fsp3) is 0.214. The van der Waals surface area contributed by atoms with Crippen LogP contribution in [0.5, 0.6) is 0 Å². The minimum absolute atomic E-state index is 0.0565. The van der Waals surface area contributed by atoms with Gasteiger partial charge in [-0.2, -0.15) is 0 Å². The number of fused-ring (bicyclic) bond motifs is 1. The molecule has 1 amide bonds. The van der Waals surface area contributed by atoms with Crippen LogP contribution in [0.4, 0.5) is 17.1 Å². The van der Waals surface area contributed by atoms with Gasteiger partial charge in [0.1, 0.15) is 0 Å².